The number of ketones is 1. The molecule has 0 saturated heterocycles. The number of hydrogen-bond donors (Lipinski definition) is 0. The standard InChI is InChI=1S/C15H18FNO/c1-15(2)8-13(7-14(18)9-15)17-10-11-3-5-12(16)6-4-11/h3-6H,7-10H2,1-2H3. The van der Waals surface area contributed by atoms with Crippen LogP contribution in [0.1, 0.15) is 38.7 Å². The number of benzene rings is 1. The molecule has 0 unspecified atom stereocenters. The number of Topliss-reactive ketones (excluding diaryl/α,β-unsaturated/α-hetero) is 1. The maximum Gasteiger partial charge on any atom is 0.139 e. The second kappa shape index (κ2) is 5.01. The Morgan fingerprint density at radius 1 is 1.22 bits per heavy atom. The molecule has 1 aromatic rings. The Morgan fingerprint density at radius 3 is 2.50 bits per heavy atom. The lowest BCUT2D eigenvalue weighted by molar-refractivity contribution is -0.120. The number of aliphatic imine (C=N–C) groups is 1. The van der Waals surface area contributed by atoms with Gasteiger partial charge in [-0.3, -0.25) is 9.79 Å². The van der Waals surface area contributed by atoms with Crippen molar-refractivity contribution in [1.29, 1.82) is 0 Å². The van der Waals surface area contributed by atoms with Crippen molar-refractivity contribution in [3.05, 3.63) is 35.6 Å². The molecule has 3 heteroatoms. The van der Waals surface area contributed by atoms with Crippen molar-refractivity contribution in [2.24, 2.45) is 10.4 Å². The van der Waals surface area contributed by atoms with E-state index in [0.29, 0.717) is 19.4 Å². The van der Waals surface area contributed by atoms with E-state index >= 15 is 0 Å². The number of carbonyl (C=O) groups is 1. The molecule has 0 N–H and O–H groups in total. The molecule has 0 heterocycles. The SMILES string of the molecule is CC1(C)CC(=O)CC(=NCc2ccc(F)cc2)C1. The molecule has 1 aromatic carbocycles. The van der Waals surface area contributed by atoms with E-state index in [2.05, 4.69) is 18.8 Å². The maximum absolute atomic E-state index is 12.8. The molecule has 96 valence electrons. The highest BCUT2D eigenvalue weighted by molar-refractivity contribution is 6.04. The highest BCUT2D eigenvalue weighted by Gasteiger charge is 2.29. The highest BCUT2D eigenvalue weighted by atomic mass is 19.1. The normalized spacial score (nSPS) is 21.3. The molecule has 0 spiro atoms. The second-order valence-electron chi connectivity index (χ2n) is 5.74. The van der Waals surface area contributed by atoms with Gasteiger partial charge < -0.3 is 0 Å². The first-order valence-corrected chi connectivity index (χ1v) is 6.23. The average Bonchev–Trinajstić information content (AvgIpc) is 2.25. The lowest BCUT2D eigenvalue weighted by atomic mass is 9.76. The predicted octanol–water partition coefficient (Wildman–Crippen LogP) is 3.55. The molecule has 1 aliphatic carbocycles. The predicted molar refractivity (Wildman–Crippen MR) is 70.2 cm³/mol. The van der Waals surface area contributed by atoms with E-state index in [9.17, 15) is 9.18 Å². The minimum Gasteiger partial charge on any atom is -0.299 e. The first-order chi connectivity index (χ1) is 8.44. The topological polar surface area (TPSA) is 29.4 Å². The molecule has 1 aliphatic rings. The number of halogens is 1. The van der Waals surface area contributed by atoms with E-state index in [-0.39, 0.29) is 17.0 Å². The Hall–Kier alpha value is -1.51. The summed E-state index contributed by atoms with van der Waals surface area (Å²) in [6.45, 7) is 4.72. The van der Waals surface area contributed by atoms with Crippen molar-refractivity contribution in [2.45, 2.75) is 39.7 Å². The van der Waals surface area contributed by atoms with Gasteiger partial charge in [-0.05, 0) is 29.5 Å². The van der Waals surface area contributed by atoms with Crippen LogP contribution in [0.5, 0.6) is 0 Å². The quantitative estimate of drug-likeness (QED) is 0.786. The first-order valence-electron chi connectivity index (χ1n) is 6.23. The first kappa shape index (κ1) is 12.9. The molecule has 0 aromatic heterocycles. The van der Waals surface area contributed by atoms with Gasteiger partial charge in [0.25, 0.3) is 0 Å². The van der Waals surface area contributed by atoms with E-state index in [0.717, 1.165) is 17.7 Å². The van der Waals surface area contributed by atoms with Crippen LogP contribution in [-0.4, -0.2) is 11.5 Å². The molecule has 0 radical (unpaired) electrons. The summed E-state index contributed by atoms with van der Waals surface area (Å²) in [6.07, 6.45) is 1.99. The van der Waals surface area contributed by atoms with Gasteiger partial charge in [0.1, 0.15) is 11.6 Å². The van der Waals surface area contributed by atoms with Crippen LogP contribution in [0, 0.1) is 11.2 Å². The van der Waals surface area contributed by atoms with Crippen molar-refractivity contribution >= 4 is 11.5 Å². The summed E-state index contributed by atoms with van der Waals surface area (Å²) in [5, 5.41) is 0. The summed E-state index contributed by atoms with van der Waals surface area (Å²) in [7, 11) is 0. The Kier molecular flexibility index (Phi) is 3.60. The number of hydrogen-bond acceptors (Lipinski definition) is 2. The third kappa shape index (κ3) is 3.49. The van der Waals surface area contributed by atoms with E-state index in [1.807, 2.05) is 0 Å². The molecule has 2 nitrogen and oxygen atoms in total. The minimum absolute atomic E-state index is 0.0248. The smallest absolute Gasteiger partial charge is 0.139 e. The monoisotopic (exact) mass is 247 g/mol. The Bertz CT molecular complexity index is 474. The zero-order valence-electron chi connectivity index (χ0n) is 10.9. The summed E-state index contributed by atoms with van der Waals surface area (Å²) in [5.41, 5.74) is 1.97. The van der Waals surface area contributed by atoms with Crippen LogP contribution in [0.15, 0.2) is 29.3 Å². The van der Waals surface area contributed by atoms with Crippen LogP contribution >= 0.6 is 0 Å². The van der Waals surface area contributed by atoms with Gasteiger partial charge in [-0.25, -0.2) is 4.39 Å². The van der Waals surface area contributed by atoms with Gasteiger partial charge in [0.05, 0.1) is 6.54 Å². The summed E-state index contributed by atoms with van der Waals surface area (Å²) in [6, 6.07) is 6.33. The van der Waals surface area contributed by atoms with Crippen LogP contribution in [0.3, 0.4) is 0 Å². The summed E-state index contributed by atoms with van der Waals surface area (Å²) in [4.78, 5) is 16.1. The fourth-order valence-electron chi connectivity index (χ4n) is 2.41. The minimum atomic E-state index is -0.236. The zero-order chi connectivity index (χ0) is 13.2. The van der Waals surface area contributed by atoms with Gasteiger partial charge in [0, 0.05) is 18.6 Å². The average molecular weight is 247 g/mol. The second-order valence-corrected chi connectivity index (χ2v) is 5.74. The van der Waals surface area contributed by atoms with Gasteiger partial charge in [-0.2, -0.15) is 0 Å². The van der Waals surface area contributed by atoms with Crippen LogP contribution < -0.4 is 0 Å². The molecule has 1 saturated carbocycles. The van der Waals surface area contributed by atoms with Gasteiger partial charge >= 0.3 is 0 Å². The van der Waals surface area contributed by atoms with Gasteiger partial charge in [-0.1, -0.05) is 26.0 Å². The van der Waals surface area contributed by atoms with E-state index in [1.54, 1.807) is 12.1 Å². The van der Waals surface area contributed by atoms with Crippen molar-refractivity contribution in [2.75, 3.05) is 0 Å². The zero-order valence-corrected chi connectivity index (χ0v) is 10.9. The maximum atomic E-state index is 12.8. The molecule has 0 bridgehead atoms. The van der Waals surface area contributed by atoms with Crippen molar-refractivity contribution in [1.82, 2.24) is 0 Å². The molecule has 0 atom stereocenters. The Labute approximate surface area is 107 Å². The largest absolute Gasteiger partial charge is 0.299 e. The molecule has 2 rings (SSSR count). The molecule has 0 aliphatic heterocycles. The van der Waals surface area contributed by atoms with Crippen molar-refractivity contribution in [3.63, 3.8) is 0 Å². The van der Waals surface area contributed by atoms with Crippen molar-refractivity contribution < 1.29 is 9.18 Å². The van der Waals surface area contributed by atoms with Gasteiger partial charge in [0.15, 0.2) is 0 Å². The Balaban J connectivity index is 2.05. The molecular weight excluding hydrogens is 229 g/mol. The van der Waals surface area contributed by atoms with Crippen LogP contribution in [0.2, 0.25) is 0 Å². The lowest BCUT2D eigenvalue weighted by Crippen LogP contribution is -2.29. The molecule has 18 heavy (non-hydrogen) atoms. The van der Waals surface area contributed by atoms with E-state index < -0.39 is 0 Å². The van der Waals surface area contributed by atoms with Crippen molar-refractivity contribution in [3.8, 4) is 0 Å². The molecule has 0 amide bonds. The summed E-state index contributed by atoms with van der Waals surface area (Å²) in [5.74, 6) is 0.0319. The fraction of sp³-hybridized carbons (Fsp3) is 0.467. The number of nitrogens with zero attached hydrogens (tertiary/aromatic N) is 1. The number of carbonyl (C=O) groups excluding carboxylic acids is 1. The third-order valence-electron chi connectivity index (χ3n) is 3.16. The molecular formula is C15H18FNO. The van der Waals surface area contributed by atoms with E-state index in [1.165, 1.54) is 12.1 Å². The summed E-state index contributed by atoms with van der Waals surface area (Å²) >= 11 is 0. The van der Waals surface area contributed by atoms with Crippen LogP contribution in [0.4, 0.5) is 4.39 Å². The third-order valence-corrected chi connectivity index (χ3v) is 3.16. The van der Waals surface area contributed by atoms with E-state index in [4.69, 9.17) is 0 Å². The number of rotatable bonds is 2. The fourth-order valence-corrected chi connectivity index (χ4v) is 2.41. The summed E-state index contributed by atoms with van der Waals surface area (Å²) < 4.78 is 12.8. The van der Waals surface area contributed by atoms with Gasteiger partial charge in [-0.15, -0.1) is 0 Å². The highest BCUT2D eigenvalue weighted by Crippen LogP contribution is 2.31. The lowest BCUT2D eigenvalue weighted by Gasteiger charge is -2.29. The Morgan fingerprint density at radius 2 is 1.89 bits per heavy atom. The molecule has 1 fully saturated rings. The van der Waals surface area contributed by atoms with Crippen LogP contribution in [-0.2, 0) is 11.3 Å². The van der Waals surface area contributed by atoms with Crippen LogP contribution in [0.25, 0.3) is 0 Å². The van der Waals surface area contributed by atoms with Gasteiger partial charge in [0.2, 0.25) is 0 Å².